The van der Waals surface area contributed by atoms with Crippen molar-refractivity contribution in [3.8, 4) is 17.2 Å². The number of hydrogen-bond acceptors (Lipinski definition) is 6. The van der Waals surface area contributed by atoms with Crippen molar-refractivity contribution in [3.05, 3.63) is 128 Å². The summed E-state index contributed by atoms with van der Waals surface area (Å²) in [6.07, 6.45) is 2.67. The van der Waals surface area contributed by atoms with Crippen LogP contribution in [0.5, 0.6) is 17.2 Å². The van der Waals surface area contributed by atoms with Crippen LogP contribution in [-0.4, -0.2) is 34.9 Å². The van der Waals surface area contributed by atoms with Crippen LogP contribution in [-0.2, 0) is 20.9 Å². The molecule has 0 aliphatic heterocycles. The summed E-state index contributed by atoms with van der Waals surface area (Å²) in [5, 5.41) is 21.4. The lowest BCUT2D eigenvalue weighted by atomic mass is 9.69. The quantitative estimate of drug-likeness (QED) is 0.0924. The first-order chi connectivity index (χ1) is 22.3. The fourth-order valence-corrected chi connectivity index (χ4v) is 7.66. The van der Waals surface area contributed by atoms with Crippen LogP contribution in [0, 0.1) is 13.8 Å². The Morgan fingerprint density at radius 1 is 0.771 bits per heavy atom. The minimum absolute atomic E-state index is 0.0794. The number of benzene rings is 4. The van der Waals surface area contributed by atoms with E-state index in [9.17, 15) is 23.4 Å². The number of nitrogens with zero attached hydrogens (tertiary/aromatic N) is 2. The maximum Gasteiger partial charge on any atom is 0.362 e. The van der Waals surface area contributed by atoms with E-state index < -0.39 is 15.9 Å². The van der Waals surface area contributed by atoms with Gasteiger partial charge in [-0.15, -0.1) is 0 Å². The first kappa shape index (κ1) is 34.4. The van der Waals surface area contributed by atoms with E-state index in [1.165, 1.54) is 30.4 Å². The van der Waals surface area contributed by atoms with Gasteiger partial charge in [-0.1, -0.05) is 65.8 Å². The number of phenols is 2. The van der Waals surface area contributed by atoms with Crippen LogP contribution in [0.15, 0.2) is 77.7 Å². The van der Waals surface area contributed by atoms with Crippen LogP contribution >= 0.6 is 0 Å². The van der Waals surface area contributed by atoms with Gasteiger partial charge in [0, 0.05) is 23.1 Å². The van der Waals surface area contributed by atoms with Gasteiger partial charge in [-0.05, 0) is 112 Å². The van der Waals surface area contributed by atoms with Gasteiger partial charge in [-0.25, -0.2) is 0 Å². The number of aromatic hydroxyl groups is 2. The molecule has 0 saturated carbocycles. The Bertz CT molecular complexity index is 2080. The van der Waals surface area contributed by atoms with E-state index in [0.717, 1.165) is 38.9 Å². The highest BCUT2D eigenvalue weighted by molar-refractivity contribution is 7.87. The predicted octanol–water partition coefficient (Wildman–Crippen LogP) is 8.14. The molecule has 2 N–H and O–H groups in total. The molecule has 9 heteroatoms. The normalized spacial score (nSPS) is 13.4. The monoisotopic (exact) mass is 664 g/mol. The largest absolute Gasteiger partial charge is 0.508 e. The number of carbonyl (C=O) groups excluding carboxylic acids is 1. The summed E-state index contributed by atoms with van der Waals surface area (Å²) in [6, 6.07) is 18.3. The Morgan fingerprint density at radius 3 is 1.77 bits per heavy atom. The van der Waals surface area contributed by atoms with Crippen molar-refractivity contribution in [2.45, 2.75) is 77.0 Å². The lowest BCUT2D eigenvalue weighted by Crippen LogP contribution is -2.23. The van der Waals surface area contributed by atoms with Crippen LogP contribution in [0.25, 0.3) is 11.6 Å². The molecule has 0 fully saturated rings. The smallest absolute Gasteiger partial charge is 0.362 e. The predicted molar refractivity (Wildman–Crippen MR) is 187 cm³/mol. The number of Topliss-reactive ketones (excluding diaryl/α,β-unsaturated/α-hetero) is 1. The fourth-order valence-electron chi connectivity index (χ4n) is 6.52. The number of fused-ring (bicyclic) bond motifs is 1. The molecule has 1 aliphatic rings. The Hall–Kier alpha value is -4.98. The van der Waals surface area contributed by atoms with Crippen molar-refractivity contribution in [1.82, 2.24) is 0 Å². The molecule has 0 radical (unpaired) electrons. The molecule has 0 unspecified atom stereocenters. The van der Waals surface area contributed by atoms with Crippen molar-refractivity contribution >= 4 is 27.7 Å². The van der Waals surface area contributed by atoms with Gasteiger partial charge < -0.3 is 19.9 Å². The number of carbonyl (C=O) groups is 1. The van der Waals surface area contributed by atoms with Crippen LogP contribution < -0.4 is 4.18 Å². The summed E-state index contributed by atoms with van der Waals surface area (Å²) >= 11 is 0. The highest BCUT2D eigenvalue weighted by Crippen LogP contribution is 2.47. The van der Waals surface area contributed by atoms with E-state index in [2.05, 4.69) is 46.3 Å². The first-order valence-electron chi connectivity index (χ1n) is 15.6. The molecule has 0 saturated heterocycles. The molecule has 0 amide bonds. The average Bonchev–Trinajstić information content (AvgIpc) is 2.98. The zero-order valence-electron chi connectivity index (χ0n) is 28.4. The Labute approximate surface area is 282 Å². The molecule has 0 atom stereocenters. The summed E-state index contributed by atoms with van der Waals surface area (Å²) < 4.78 is 32.7. The Balaban J connectivity index is 1.67. The second-order valence-corrected chi connectivity index (χ2v) is 15.9. The van der Waals surface area contributed by atoms with Crippen LogP contribution in [0.2, 0.25) is 0 Å². The van der Waals surface area contributed by atoms with Crippen molar-refractivity contribution in [1.29, 1.82) is 0 Å². The van der Waals surface area contributed by atoms with Crippen molar-refractivity contribution < 1.29 is 32.4 Å². The molecule has 0 bridgehead atoms. The highest BCUT2D eigenvalue weighted by atomic mass is 32.2. The minimum atomic E-state index is -4.38. The Kier molecular flexibility index (Phi) is 8.76. The van der Waals surface area contributed by atoms with Crippen molar-refractivity contribution in [3.63, 3.8) is 0 Å². The summed E-state index contributed by atoms with van der Waals surface area (Å²) in [5.41, 5.74) is 15.1. The van der Waals surface area contributed by atoms with Crippen LogP contribution in [0.4, 0.5) is 0 Å². The molecule has 4 aromatic rings. The standard InChI is InChI=1S/C39H40N2O6S/c1-22-18-25(42)20-30(38(3,4)5)34(22)36(35-23(2)19-26(43)21-31(35)39(6,7)8)24-12-14-27(15-13-24)47-48(45,46)33-11-9-10-29-28(33)16-17-32(41-40)37(29)44/h9-21,36,42-43H,1-8H3. The summed E-state index contributed by atoms with van der Waals surface area (Å²) in [5.74, 6) is -0.518. The number of phenolic OH excluding ortho intramolecular Hbond substituents is 2. The van der Waals surface area contributed by atoms with Gasteiger partial charge in [-0.2, -0.15) is 13.2 Å². The number of rotatable bonds is 6. The van der Waals surface area contributed by atoms with E-state index in [0.29, 0.717) is 0 Å². The maximum atomic E-state index is 13.6. The number of allylic oxidation sites excluding steroid dienone is 1. The first-order valence-corrected chi connectivity index (χ1v) is 17.0. The third kappa shape index (κ3) is 6.44. The Morgan fingerprint density at radius 2 is 1.29 bits per heavy atom. The molecule has 1 aliphatic carbocycles. The number of hydrogen-bond donors (Lipinski definition) is 2. The second-order valence-electron chi connectivity index (χ2n) is 14.4. The van der Waals surface area contributed by atoms with Gasteiger partial charge in [-0.3, -0.25) is 4.79 Å². The molecular weight excluding hydrogens is 625 g/mol. The van der Waals surface area contributed by atoms with Gasteiger partial charge >= 0.3 is 15.8 Å². The molecular formula is C39H40N2O6S. The number of ketones is 1. The van der Waals surface area contributed by atoms with Crippen LogP contribution in [0.1, 0.15) is 102 Å². The van der Waals surface area contributed by atoms with Crippen molar-refractivity contribution in [2.24, 2.45) is 0 Å². The fraction of sp³-hybridized carbons (Fsp3) is 0.282. The molecule has 0 spiro atoms. The van der Waals surface area contributed by atoms with E-state index in [1.807, 2.05) is 26.0 Å². The molecule has 4 aromatic carbocycles. The van der Waals surface area contributed by atoms with E-state index in [-0.39, 0.29) is 55.7 Å². The van der Waals surface area contributed by atoms with Gasteiger partial charge in [0.2, 0.25) is 0 Å². The van der Waals surface area contributed by atoms with E-state index >= 15 is 0 Å². The topological polar surface area (TPSA) is 137 Å². The minimum Gasteiger partial charge on any atom is -0.508 e. The SMILES string of the molecule is Cc1cc(O)cc(C(C)(C)C)c1C(c1ccc(OS(=O)(=O)c2cccc3c2C=CC(=[N+]=[N-])C3=O)cc1)c1c(C)cc(O)cc1C(C)(C)C. The summed E-state index contributed by atoms with van der Waals surface area (Å²) in [4.78, 5) is 15.5. The van der Waals surface area contributed by atoms with E-state index in [1.54, 1.807) is 36.4 Å². The molecule has 8 nitrogen and oxygen atoms in total. The van der Waals surface area contributed by atoms with Gasteiger partial charge in [0.1, 0.15) is 22.1 Å². The van der Waals surface area contributed by atoms with Crippen molar-refractivity contribution in [2.75, 3.05) is 0 Å². The maximum absolute atomic E-state index is 13.6. The second kappa shape index (κ2) is 12.2. The molecule has 248 valence electrons. The zero-order valence-corrected chi connectivity index (χ0v) is 29.2. The third-order valence-corrected chi connectivity index (χ3v) is 9.99. The van der Waals surface area contributed by atoms with Gasteiger partial charge in [0.15, 0.2) is 0 Å². The number of aryl methyl sites for hydroxylation is 2. The molecule has 5 rings (SSSR count). The van der Waals surface area contributed by atoms with Gasteiger partial charge in [0.25, 0.3) is 5.78 Å². The third-order valence-electron chi connectivity index (χ3n) is 8.68. The lowest BCUT2D eigenvalue weighted by Gasteiger charge is -2.34. The zero-order chi connectivity index (χ0) is 35.3. The van der Waals surface area contributed by atoms with Crippen LogP contribution in [0.3, 0.4) is 0 Å². The summed E-state index contributed by atoms with van der Waals surface area (Å²) in [6.45, 7) is 16.5. The molecule has 0 aromatic heterocycles. The summed E-state index contributed by atoms with van der Waals surface area (Å²) in [7, 11) is -4.38. The highest BCUT2D eigenvalue weighted by Gasteiger charge is 2.34. The molecule has 48 heavy (non-hydrogen) atoms. The van der Waals surface area contributed by atoms with E-state index in [4.69, 9.17) is 9.71 Å². The lowest BCUT2D eigenvalue weighted by molar-refractivity contribution is -0.00436. The average molecular weight is 665 g/mol. The molecule has 0 heterocycles. The van der Waals surface area contributed by atoms with Gasteiger partial charge in [0.05, 0.1) is 0 Å².